The minimum Gasteiger partial charge on any atom is -0.346 e. The van der Waals surface area contributed by atoms with Gasteiger partial charge < -0.3 is 9.97 Å². The average Bonchev–Trinajstić information content (AvgIpc) is 3.42. The van der Waals surface area contributed by atoms with Gasteiger partial charge in [-0.15, -0.1) is 0 Å². The Morgan fingerprint density at radius 3 is 2.86 bits per heavy atom. The van der Waals surface area contributed by atoms with E-state index in [1.54, 1.807) is 12.4 Å². The van der Waals surface area contributed by atoms with Crippen LogP contribution in [-0.2, 0) is 0 Å². The predicted octanol–water partition coefficient (Wildman–Crippen LogP) is 5.34. The van der Waals surface area contributed by atoms with Crippen LogP contribution < -0.4 is 0 Å². The van der Waals surface area contributed by atoms with Crippen molar-refractivity contribution < 1.29 is 1.43 Å². The predicted molar refractivity (Wildman–Crippen MR) is 117 cm³/mol. The van der Waals surface area contributed by atoms with E-state index in [0.717, 1.165) is 51.1 Å². The Kier molecular flexibility index (Phi) is 6.06. The molecule has 5 rings (SSSR count). The molecule has 4 heterocycles. The van der Waals surface area contributed by atoms with E-state index in [0.29, 0.717) is 0 Å². The monoisotopic (exact) mass is 407 g/mol. The molecule has 0 unspecified atom stereocenters. The summed E-state index contributed by atoms with van der Waals surface area (Å²) in [4.78, 5) is 24.0. The lowest BCUT2D eigenvalue weighted by Gasteiger charge is -2.17. The van der Waals surface area contributed by atoms with Crippen LogP contribution in [0, 0.1) is 17.2 Å². The van der Waals surface area contributed by atoms with E-state index >= 15 is 0 Å². The summed E-state index contributed by atoms with van der Waals surface area (Å²) in [5, 5.41) is 10.1. The van der Waals surface area contributed by atoms with Crippen LogP contribution in [0.15, 0.2) is 35.9 Å². The molecular formula is C21H25N7S. The third kappa shape index (κ3) is 4.40. The number of nitriles is 1. The topological polar surface area (TPSA) is 107 Å². The normalized spacial score (nSPS) is 14.5. The molecule has 2 N–H and O–H groups in total. The number of aromatic nitrogens is 6. The second-order valence-electron chi connectivity index (χ2n) is 7.14. The smallest absolute Gasteiger partial charge is 0.187 e. The van der Waals surface area contributed by atoms with Gasteiger partial charge in [-0.05, 0) is 37.1 Å². The first-order valence-electron chi connectivity index (χ1n) is 9.84. The highest BCUT2D eigenvalue weighted by atomic mass is 32.2. The van der Waals surface area contributed by atoms with Gasteiger partial charge in [-0.1, -0.05) is 31.0 Å². The number of H-pyrrole nitrogens is 2. The van der Waals surface area contributed by atoms with Crippen molar-refractivity contribution in [3.05, 3.63) is 30.7 Å². The van der Waals surface area contributed by atoms with Crippen molar-refractivity contribution in [1.29, 1.82) is 5.26 Å². The molecule has 4 aromatic heterocycles. The fourth-order valence-electron chi connectivity index (χ4n) is 3.69. The minimum absolute atomic E-state index is 0. The second kappa shape index (κ2) is 9.05. The maximum atomic E-state index is 8.37. The summed E-state index contributed by atoms with van der Waals surface area (Å²) in [6.45, 7) is 0. The van der Waals surface area contributed by atoms with E-state index < -0.39 is 0 Å². The molecule has 0 amide bonds. The van der Waals surface area contributed by atoms with Gasteiger partial charge in [0.25, 0.3) is 0 Å². The number of fused-ring (bicyclic) bond motifs is 3. The number of imidazole rings is 1. The molecule has 1 fully saturated rings. The zero-order valence-corrected chi connectivity index (χ0v) is 17.2. The lowest BCUT2D eigenvalue weighted by molar-refractivity contribution is 0.364. The summed E-state index contributed by atoms with van der Waals surface area (Å²) in [5.74, 6) is 1.47. The van der Waals surface area contributed by atoms with E-state index in [1.165, 1.54) is 43.9 Å². The van der Waals surface area contributed by atoms with Gasteiger partial charge in [0.15, 0.2) is 11.0 Å². The average molecular weight is 408 g/mol. The molecule has 0 atom stereocenters. The molecule has 150 valence electrons. The van der Waals surface area contributed by atoms with Crippen LogP contribution in [0.1, 0.15) is 40.0 Å². The summed E-state index contributed by atoms with van der Waals surface area (Å²) in [5.41, 5.74) is 3.42. The number of hydrogen-bond acceptors (Lipinski definition) is 6. The molecule has 29 heavy (non-hydrogen) atoms. The Morgan fingerprint density at radius 1 is 1.21 bits per heavy atom. The van der Waals surface area contributed by atoms with Gasteiger partial charge >= 0.3 is 0 Å². The molecule has 1 aliphatic carbocycles. The number of nitrogens with zero attached hydrogens (tertiary/aromatic N) is 5. The van der Waals surface area contributed by atoms with Gasteiger partial charge in [-0.2, -0.15) is 5.26 Å². The number of aromatic amines is 2. The van der Waals surface area contributed by atoms with Gasteiger partial charge in [-0.3, -0.25) is 0 Å². The van der Waals surface area contributed by atoms with Crippen LogP contribution in [0.25, 0.3) is 33.6 Å². The van der Waals surface area contributed by atoms with E-state index in [2.05, 4.69) is 36.0 Å². The fourth-order valence-corrected chi connectivity index (χ4v) is 4.04. The fraction of sp³-hybridized carbons (Fsp3) is 0.381. The Labute approximate surface area is 174 Å². The highest BCUT2D eigenvalue weighted by Gasteiger charge is 2.12. The Hall–Kier alpha value is -2.92. The Balaban J connectivity index is 0.000000218. The molecule has 1 aliphatic rings. The summed E-state index contributed by atoms with van der Waals surface area (Å²) < 4.78 is 0. The molecule has 0 radical (unpaired) electrons. The first-order valence-corrected chi connectivity index (χ1v) is 11.1. The molecule has 0 spiro atoms. The Morgan fingerprint density at radius 2 is 2.07 bits per heavy atom. The molecule has 7 nitrogen and oxygen atoms in total. The van der Waals surface area contributed by atoms with E-state index in [9.17, 15) is 0 Å². The highest BCUT2D eigenvalue weighted by Crippen LogP contribution is 2.26. The lowest BCUT2D eigenvalue weighted by Crippen LogP contribution is -2.04. The summed E-state index contributed by atoms with van der Waals surface area (Å²) in [7, 11) is 0. The number of hydrogen-bond donors (Lipinski definition) is 2. The van der Waals surface area contributed by atoms with Crippen LogP contribution in [-0.4, -0.2) is 36.2 Å². The van der Waals surface area contributed by atoms with Crippen molar-refractivity contribution in [3.63, 3.8) is 0 Å². The van der Waals surface area contributed by atoms with Crippen molar-refractivity contribution in [1.82, 2.24) is 29.9 Å². The van der Waals surface area contributed by atoms with E-state index in [-0.39, 0.29) is 1.43 Å². The van der Waals surface area contributed by atoms with E-state index in [4.69, 9.17) is 5.26 Å². The van der Waals surface area contributed by atoms with Crippen molar-refractivity contribution in [2.75, 3.05) is 6.26 Å². The standard InChI is InChI=1S/C13H10N6S.C8H13N.H2/c1-20-13-15-5-3-8(18-13)12-17-9-6-16-11-7(2-4-14-11)10(9)19-12;9-7-6-8-4-2-1-3-5-8;/h2-6H,1H3,(H,14,16)(H,17,19);8H,1-6H2;1H. The molecular weight excluding hydrogens is 382 g/mol. The first kappa shape index (κ1) is 19.4. The highest BCUT2D eigenvalue weighted by molar-refractivity contribution is 7.98. The zero-order valence-electron chi connectivity index (χ0n) is 16.4. The van der Waals surface area contributed by atoms with Crippen LogP contribution in [0.2, 0.25) is 0 Å². The quantitative estimate of drug-likeness (QED) is 0.350. The van der Waals surface area contributed by atoms with Crippen molar-refractivity contribution in [3.8, 4) is 17.6 Å². The maximum absolute atomic E-state index is 8.37. The van der Waals surface area contributed by atoms with Gasteiger partial charge in [0, 0.05) is 25.6 Å². The van der Waals surface area contributed by atoms with Crippen molar-refractivity contribution >= 4 is 33.8 Å². The van der Waals surface area contributed by atoms with Crippen molar-refractivity contribution in [2.24, 2.45) is 5.92 Å². The molecule has 0 aromatic carbocycles. The summed E-state index contributed by atoms with van der Waals surface area (Å²) in [6.07, 6.45) is 14.8. The second-order valence-corrected chi connectivity index (χ2v) is 7.91. The van der Waals surface area contributed by atoms with Gasteiger partial charge in [0.1, 0.15) is 16.9 Å². The van der Waals surface area contributed by atoms with Crippen LogP contribution in [0.3, 0.4) is 0 Å². The van der Waals surface area contributed by atoms with Gasteiger partial charge in [0.2, 0.25) is 0 Å². The SMILES string of the molecule is CSc1nccc(-c2nc3c(cnc4[nH]ccc43)[nH]2)n1.N#CCC1CCCCC1.[HH]. The maximum Gasteiger partial charge on any atom is 0.187 e. The molecule has 1 saturated carbocycles. The first-order chi connectivity index (χ1) is 14.3. The van der Waals surface area contributed by atoms with Gasteiger partial charge in [0.05, 0.1) is 17.8 Å². The molecule has 4 aromatic rings. The molecule has 0 bridgehead atoms. The van der Waals surface area contributed by atoms with Crippen LogP contribution in [0.5, 0.6) is 0 Å². The zero-order chi connectivity index (χ0) is 20.1. The summed E-state index contributed by atoms with van der Waals surface area (Å²) >= 11 is 1.51. The number of thioether (sulfide) groups is 1. The van der Waals surface area contributed by atoms with Crippen LogP contribution in [0.4, 0.5) is 0 Å². The van der Waals surface area contributed by atoms with E-state index in [1.807, 2.05) is 24.6 Å². The molecule has 8 heteroatoms. The number of pyridine rings is 1. The third-order valence-corrected chi connectivity index (χ3v) is 5.76. The molecule has 0 saturated heterocycles. The van der Waals surface area contributed by atoms with Crippen LogP contribution >= 0.6 is 11.8 Å². The summed E-state index contributed by atoms with van der Waals surface area (Å²) in [6, 6.07) is 6.06. The van der Waals surface area contributed by atoms with Crippen molar-refractivity contribution in [2.45, 2.75) is 43.7 Å². The largest absolute Gasteiger partial charge is 0.346 e. The molecule has 0 aliphatic heterocycles. The third-order valence-electron chi connectivity index (χ3n) is 5.20. The number of nitrogens with one attached hydrogen (secondary N) is 2. The number of rotatable bonds is 3. The van der Waals surface area contributed by atoms with Gasteiger partial charge in [-0.25, -0.2) is 19.9 Å². The lowest BCUT2D eigenvalue weighted by atomic mass is 9.87. The minimum atomic E-state index is 0. The Bertz CT molecular complexity index is 1140.